The van der Waals surface area contributed by atoms with E-state index in [-0.39, 0.29) is 6.04 Å². The van der Waals surface area contributed by atoms with Crippen LogP contribution in [0.1, 0.15) is 11.6 Å². The van der Waals surface area contributed by atoms with E-state index >= 15 is 0 Å². The maximum Gasteiger partial charge on any atom is 0.125 e. The predicted molar refractivity (Wildman–Crippen MR) is 50.6 cm³/mol. The van der Waals surface area contributed by atoms with Crippen molar-refractivity contribution in [1.82, 2.24) is 0 Å². The fourth-order valence-corrected chi connectivity index (χ4v) is 1.77. The van der Waals surface area contributed by atoms with Gasteiger partial charge < -0.3 is 10.5 Å². The number of hydrogen-bond donors (Lipinski definition) is 1. The summed E-state index contributed by atoms with van der Waals surface area (Å²) in [7, 11) is 0. The zero-order valence-corrected chi connectivity index (χ0v) is 7.73. The SMILES string of the molecule is CSc1ccc2c(c1)OC[C@H]2N. The van der Waals surface area contributed by atoms with Gasteiger partial charge >= 0.3 is 0 Å². The molecular weight excluding hydrogens is 170 g/mol. The first-order valence-electron chi connectivity index (χ1n) is 3.87. The highest BCUT2D eigenvalue weighted by Gasteiger charge is 2.19. The number of nitrogens with two attached hydrogens (primary N) is 1. The van der Waals surface area contributed by atoms with E-state index in [1.807, 2.05) is 6.07 Å². The molecule has 0 aromatic heterocycles. The Hall–Kier alpha value is -0.670. The van der Waals surface area contributed by atoms with Crippen LogP contribution in [0.5, 0.6) is 5.75 Å². The van der Waals surface area contributed by atoms with Gasteiger partial charge in [0, 0.05) is 10.5 Å². The van der Waals surface area contributed by atoms with Gasteiger partial charge in [0.15, 0.2) is 0 Å². The van der Waals surface area contributed by atoms with Crippen LogP contribution in [0.3, 0.4) is 0 Å². The van der Waals surface area contributed by atoms with Gasteiger partial charge in [-0.1, -0.05) is 6.07 Å². The third-order valence-electron chi connectivity index (χ3n) is 2.04. The van der Waals surface area contributed by atoms with Crippen LogP contribution in [-0.4, -0.2) is 12.9 Å². The van der Waals surface area contributed by atoms with Gasteiger partial charge in [0.2, 0.25) is 0 Å². The molecule has 2 N–H and O–H groups in total. The van der Waals surface area contributed by atoms with Gasteiger partial charge in [-0.15, -0.1) is 11.8 Å². The minimum Gasteiger partial charge on any atom is -0.491 e. The Morgan fingerprint density at radius 3 is 3.17 bits per heavy atom. The average molecular weight is 181 g/mol. The summed E-state index contributed by atoms with van der Waals surface area (Å²) in [5, 5.41) is 0. The van der Waals surface area contributed by atoms with Crippen LogP contribution >= 0.6 is 11.8 Å². The fourth-order valence-electron chi connectivity index (χ4n) is 1.34. The molecule has 1 atom stereocenters. The van der Waals surface area contributed by atoms with Crippen molar-refractivity contribution >= 4 is 11.8 Å². The van der Waals surface area contributed by atoms with Gasteiger partial charge in [-0.05, 0) is 18.4 Å². The second-order valence-electron chi connectivity index (χ2n) is 2.82. The number of fused-ring (bicyclic) bond motifs is 1. The van der Waals surface area contributed by atoms with Crippen molar-refractivity contribution in [3.63, 3.8) is 0 Å². The Morgan fingerprint density at radius 2 is 2.42 bits per heavy atom. The molecular formula is C9H11NOS. The summed E-state index contributed by atoms with van der Waals surface area (Å²) in [4.78, 5) is 1.22. The zero-order chi connectivity index (χ0) is 8.55. The van der Waals surface area contributed by atoms with Gasteiger partial charge in [0.05, 0.1) is 6.04 Å². The summed E-state index contributed by atoms with van der Waals surface area (Å²) in [5.74, 6) is 0.953. The number of hydrogen-bond acceptors (Lipinski definition) is 3. The van der Waals surface area contributed by atoms with Gasteiger partial charge in [-0.3, -0.25) is 0 Å². The lowest BCUT2D eigenvalue weighted by atomic mass is 10.1. The van der Waals surface area contributed by atoms with Crippen LogP contribution < -0.4 is 10.5 Å². The van der Waals surface area contributed by atoms with E-state index in [2.05, 4.69) is 18.4 Å². The van der Waals surface area contributed by atoms with E-state index < -0.39 is 0 Å². The van der Waals surface area contributed by atoms with E-state index in [0.717, 1.165) is 11.3 Å². The maximum atomic E-state index is 5.81. The summed E-state index contributed by atoms with van der Waals surface area (Å²) in [6.45, 7) is 0.618. The average Bonchev–Trinajstić information content (AvgIpc) is 2.47. The topological polar surface area (TPSA) is 35.2 Å². The van der Waals surface area contributed by atoms with Gasteiger partial charge in [-0.25, -0.2) is 0 Å². The highest BCUT2D eigenvalue weighted by atomic mass is 32.2. The summed E-state index contributed by atoms with van der Waals surface area (Å²) in [5.41, 5.74) is 6.94. The van der Waals surface area contributed by atoms with Gasteiger partial charge in [0.25, 0.3) is 0 Å². The van der Waals surface area contributed by atoms with E-state index in [4.69, 9.17) is 10.5 Å². The molecule has 0 saturated heterocycles. The monoisotopic (exact) mass is 181 g/mol. The zero-order valence-electron chi connectivity index (χ0n) is 6.91. The molecule has 0 amide bonds. The summed E-state index contributed by atoms with van der Waals surface area (Å²) in [6.07, 6.45) is 2.05. The number of rotatable bonds is 1. The molecule has 12 heavy (non-hydrogen) atoms. The standard InChI is InChI=1S/C9H11NOS/c1-12-6-2-3-7-8(10)5-11-9(7)4-6/h2-4,8H,5,10H2,1H3/t8-/m1/s1. The Bertz CT molecular complexity index is 301. The minimum atomic E-state index is 0.0657. The van der Waals surface area contributed by atoms with E-state index in [1.165, 1.54) is 4.90 Å². The molecule has 1 heterocycles. The molecule has 0 bridgehead atoms. The van der Waals surface area contributed by atoms with Crippen LogP contribution in [0.25, 0.3) is 0 Å². The Morgan fingerprint density at radius 1 is 1.58 bits per heavy atom. The molecule has 0 fully saturated rings. The summed E-state index contributed by atoms with van der Waals surface area (Å²) >= 11 is 1.72. The summed E-state index contributed by atoms with van der Waals surface area (Å²) < 4.78 is 5.41. The van der Waals surface area contributed by atoms with Crippen molar-refractivity contribution in [3.8, 4) is 5.75 Å². The maximum absolute atomic E-state index is 5.81. The molecule has 0 unspecified atom stereocenters. The first-order chi connectivity index (χ1) is 5.81. The van der Waals surface area contributed by atoms with Crippen LogP contribution in [0.4, 0.5) is 0 Å². The molecule has 0 aliphatic carbocycles. The van der Waals surface area contributed by atoms with Gasteiger partial charge in [0.1, 0.15) is 12.4 Å². The first kappa shape index (κ1) is 7.95. The highest BCUT2D eigenvalue weighted by molar-refractivity contribution is 7.98. The number of benzene rings is 1. The molecule has 2 rings (SSSR count). The van der Waals surface area contributed by atoms with E-state index in [0.29, 0.717) is 6.61 Å². The minimum absolute atomic E-state index is 0.0657. The lowest BCUT2D eigenvalue weighted by Crippen LogP contribution is -2.10. The van der Waals surface area contributed by atoms with Crippen molar-refractivity contribution in [2.45, 2.75) is 10.9 Å². The van der Waals surface area contributed by atoms with Crippen molar-refractivity contribution in [2.75, 3.05) is 12.9 Å². The Balaban J connectivity index is 2.41. The van der Waals surface area contributed by atoms with Crippen LogP contribution in [0.15, 0.2) is 23.1 Å². The summed E-state index contributed by atoms with van der Waals surface area (Å²) in [6, 6.07) is 6.25. The Labute approximate surface area is 76.1 Å². The molecule has 2 nitrogen and oxygen atoms in total. The number of ether oxygens (including phenoxy) is 1. The van der Waals surface area contributed by atoms with Crippen molar-refractivity contribution in [2.24, 2.45) is 5.73 Å². The molecule has 1 aliphatic heterocycles. The largest absolute Gasteiger partial charge is 0.491 e. The molecule has 0 spiro atoms. The molecule has 64 valence electrons. The van der Waals surface area contributed by atoms with E-state index in [9.17, 15) is 0 Å². The molecule has 1 aromatic rings. The Kier molecular flexibility index (Phi) is 1.98. The smallest absolute Gasteiger partial charge is 0.125 e. The molecule has 1 aliphatic rings. The predicted octanol–water partition coefficient (Wildman–Crippen LogP) is 1.80. The van der Waals surface area contributed by atoms with Crippen LogP contribution in [0.2, 0.25) is 0 Å². The molecule has 0 radical (unpaired) electrons. The van der Waals surface area contributed by atoms with Crippen LogP contribution in [-0.2, 0) is 0 Å². The highest BCUT2D eigenvalue weighted by Crippen LogP contribution is 2.33. The molecule has 0 saturated carbocycles. The molecule has 1 aromatic carbocycles. The first-order valence-corrected chi connectivity index (χ1v) is 5.10. The third kappa shape index (κ3) is 1.19. The lowest BCUT2D eigenvalue weighted by Gasteiger charge is -2.01. The van der Waals surface area contributed by atoms with Crippen molar-refractivity contribution in [3.05, 3.63) is 23.8 Å². The second kappa shape index (κ2) is 2.99. The second-order valence-corrected chi connectivity index (χ2v) is 3.70. The van der Waals surface area contributed by atoms with Crippen molar-refractivity contribution < 1.29 is 4.74 Å². The fraction of sp³-hybridized carbons (Fsp3) is 0.333. The lowest BCUT2D eigenvalue weighted by molar-refractivity contribution is 0.333. The normalized spacial score (nSPS) is 20.3. The number of thioether (sulfide) groups is 1. The molecule has 3 heteroatoms. The van der Waals surface area contributed by atoms with Crippen LogP contribution in [0, 0.1) is 0 Å². The third-order valence-corrected chi connectivity index (χ3v) is 2.76. The quantitative estimate of drug-likeness (QED) is 0.671. The van der Waals surface area contributed by atoms with Gasteiger partial charge in [-0.2, -0.15) is 0 Å². The van der Waals surface area contributed by atoms with Crippen molar-refractivity contribution in [1.29, 1.82) is 0 Å². The van der Waals surface area contributed by atoms with E-state index in [1.54, 1.807) is 11.8 Å².